The second-order valence-corrected chi connectivity index (χ2v) is 6.73. The summed E-state index contributed by atoms with van der Waals surface area (Å²) in [6.07, 6.45) is 1.66. The molecular weight excluding hydrogens is 358 g/mol. The Kier molecular flexibility index (Phi) is 4.01. The van der Waals surface area contributed by atoms with Crippen LogP contribution in [-0.2, 0) is 24.4 Å². The van der Waals surface area contributed by atoms with Crippen molar-refractivity contribution in [1.82, 2.24) is 34.9 Å². The van der Waals surface area contributed by atoms with Crippen molar-refractivity contribution in [2.75, 3.05) is 0 Å². The minimum absolute atomic E-state index is 0.0533. The molecule has 0 N–H and O–H groups in total. The van der Waals surface area contributed by atoms with Crippen LogP contribution in [0.15, 0.2) is 41.1 Å². The summed E-state index contributed by atoms with van der Waals surface area (Å²) in [5.74, 6) is 0.808. The van der Waals surface area contributed by atoms with E-state index in [9.17, 15) is 0 Å². The Morgan fingerprint density at radius 2 is 2.04 bits per heavy atom. The van der Waals surface area contributed by atoms with Crippen LogP contribution in [-0.4, -0.2) is 34.9 Å². The molecule has 9 heteroatoms. The van der Waals surface area contributed by atoms with E-state index in [0.29, 0.717) is 30.6 Å². The van der Waals surface area contributed by atoms with Crippen molar-refractivity contribution in [3.8, 4) is 23.1 Å². The first-order valence-electron chi connectivity index (χ1n) is 9.19. The lowest BCUT2D eigenvalue weighted by Crippen LogP contribution is -2.22. The number of nitrogens with zero attached hydrogens (tertiary/aromatic N) is 7. The number of aryl methyl sites for hydroxylation is 2. The highest BCUT2D eigenvalue weighted by atomic mass is 16.5. The fourth-order valence-corrected chi connectivity index (χ4v) is 3.36. The van der Waals surface area contributed by atoms with Crippen molar-refractivity contribution < 1.29 is 9.26 Å². The van der Waals surface area contributed by atoms with Gasteiger partial charge in [-0.25, -0.2) is 4.68 Å². The summed E-state index contributed by atoms with van der Waals surface area (Å²) in [5, 5.41) is 16.9. The van der Waals surface area contributed by atoms with E-state index in [1.165, 1.54) is 5.56 Å². The van der Waals surface area contributed by atoms with Gasteiger partial charge in [0.05, 0.1) is 18.8 Å². The lowest BCUT2D eigenvalue weighted by atomic mass is 10.1. The molecule has 0 aliphatic carbocycles. The molecule has 0 radical (unpaired) electrons. The Morgan fingerprint density at radius 1 is 1.18 bits per heavy atom. The van der Waals surface area contributed by atoms with E-state index in [1.54, 1.807) is 10.9 Å². The maximum atomic E-state index is 6.07. The van der Waals surface area contributed by atoms with Gasteiger partial charge in [-0.3, -0.25) is 4.68 Å². The standard InChI is InChI=1S/C19H19N7O2/c1-3-25-14(8-9-20-25)19-21-18(23-28-19)17-15-11-27-16(10-26(15)24-22-17)13-6-4-12(2)5-7-13/h4-9,16H,3,10-11H2,1-2H3/t16-/m1/s1. The molecule has 0 spiro atoms. The van der Waals surface area contributed by atoms with Crippen molar-refractivity contribution in [2.45, 2.75) is 39.6 Å². The summed E-state index contributed by atoms with van der Waals surface area (Å²) in [6.45, 7) is 5.78. The molecule has 1 aromatic carbocycles. The highest BCUT2D eigenvalue weighted by molar-refractivity contribution is 5.56. The summed E-state index contributed by atoms with van der Waals surface area (Å²) in [7, 11) is 0. The molecule has 0 fully saturated rings. The monoisotopic (exact) mass is 377 g/mol. The van der Waals surface area contributed by atoms with Crippen LogP contribution in [0.5, 0.6) is 0 Å². The van der Waals surface area contributed by atoms with Gasteiger partial charge in [-0.05, 0) is 25.5 Å². The number of aromatic nitrogens is 7. The highest BCUT2D eigenvalue weighted by Crippen LogP contribution is 2.30. The van der Waals surface area contributed by atoms with Crippen LogP contribution in [0.2, 0.25) is 0 Å². The first kappa shape index (κ1) is 16.8. The number of hydrogen-bond acceptors (Lipinski definition) is 7. The smallest absolute Gasteiger partial charge is 0.276 e. The van der Waals surface area contributed by atoms with E-state index >= 15 is 0 Å². The molecule has 1 atom stereocenters. The zero-order valence-corrected chi connectivity index (χ0v) is 15.6. The molecular formula is C19H19N7O2. The van der Waals surface area contributed by atoms with Crippen molar-refractivity contribution in [1.29, 1.82) is 0 Å². The predicted molar refractivity (Wildman–Crippen MR) is 98.9 cm³/mol. The van der Waals surface area contributed by atoms with Gasteiger partial charge in [-0.1, -0.05) is 40.2 Å². The van der Waals surface area contributed by atoms with Crippen LogP contribution in [0.3, 0.4) is 0 Å². The second kappa shape index (κ2) is 6.68. The Morgan fingerprint density at radius 3 is 2.86 bits per heavy atom. The van der Waals surface area contributed by atoms with E-state index in [-0.39, 0.29) is 6.10 Å². The van der Waals surface area contributed by atoms with Crippen LogP contribution in [0.25, 0.3) is 23.1 Å². The van der Waals surface area contributed by atoms with Gasteiger partial charge in [0.1, 0.15) is 11.8 Å². The van der Waals surface area contributed by atoms with Crippen LogP contribution < -0.4 is 0 Å². The number of benzene rings is 1. The van der Waals surface area contributed by atoms with Gasteiger partial charge in [-0.15, -0.1) is 5.10 Å². The Hall–Kier alpha value is -3.33. The minimum atomic E-state index is -0.0533. The van der Waals surface area contributed by atoms with Gasteiger partial charge in [0.25, 0.3) is 5.89 Å². The molecule has 4 aromatic rings. The van der Waals surface area contributed by atoms with Gasteiger partial charge in [0.15, 0.2) is 5.69 Å². The van der Waals surface area contributed by atoms with Gasteiger partial charge < -0.3 is 9.26 Å². The van der Waals surface area contributed by atoms with Crippen molar-refractivity contribution >= 4 is 0 Å². The molecule has 9 nitrogen and oxygen atoms in total. The first-order valence-corrected chi connectivity index (χ1v) is 9.19. The predicted octanol–water partition coefficient (Wildman–Crippen LogP) is 2.79. The molecule has 0 bridgehead atoms. The summed E-state index contributed by atoms with van der Waals surface area (Å²) in [4.78, 5) is 4.49. The first-order chi connectivity index (χ1) is 13.7. The third kappa shape index (κ3) is 2.80. The zero-order chi connectivity index (χ0) is 19.1. The molecule has 1 aliphatic rings. The Labute approximate surface area is 160 Å². The number of fused-ring (bicyclic) bond motifs is 1. The third-order valence-electron chi connectivity index (χ3n) is 4.92. The van der Waals surface area contributed by atoms with Crippen LogP contribution in [0, 0.1) is 6.92 Å². The van der Waals surface area contributed by atoms with Gasteiger partial charge in [0.2, 0.25) is 5.82 Å². The lowest BCUT2D eigenvalue weighted by molar-refractivity contribution is -0.00112. The Balaban J connectivity index is 1.42. The molecule has 3 aromatic heterocycles. The van der Waals surface area contributed by atoms with Gasteiger partial charge >= 0.3 is 0 Å². The summed E-state index contributed by atoms with van der Waals surface area (Å²) < 4.78 is 15.1. The van der Waals surface area contributed by atoms with Crippen LogP contribution >= 0.6 is 0 Å². The third-order valence-corrected chi connectivity index (χ3v) is 4.92. The fourth-order valence-electron chi connectivity index (χ4n) is 3.36. The Bertz CT molecular complexity index is 1110. The van der Waals surface area contributed by atoms with Crippen molar-refractivity contribution in [2.24, 2.45) is 0 Å². The normalized spacial score (nSPS) is 16.3. The topological polar surface area (TPSA) is 96.7 Å². The molecule has 0 saturated carbocycles. The largest absolute Gasteiger partial charge is 0.365 e. The van der Waals surface area contributed by atoms with E-state index in [2.05, 4.69) is 56.7 Å². The van der Waals surface area contributed by atoms with Crippen LogP contribution in [0.4, 0.5) is 0 Å². The zero-order valence-electron chi connectivity index (χ0n) is 15.6. The summed E-state index contributed by atoms with van der Waals surface area (Å²) in [6, 6.07) is 10.2. The average molecular weight is 377 g/mol. The van der Waals surface area contributed by atoms with Gasteiger partial charge in [-0.2, -0.15) is 10.1 Å². The molecule has 0 amide bonds. The van der Waals surface area contributed by atoms with Crippen molar-refractivity contribution in [3.63, 3.8) is 0 Å². The molecule has 1 aliphatic heterocycles. The maximum Gasteiger partial charge on any atom is 0.276 e. The fraction of sp³-hybridized carbons (Fsp3) is 0.316. The highest BCUT2D eigenvalue weighted by Gasteiger charge is 2.28. The van der Waals surface area contributed by atoms with Crippen LogP contribution in [0.1, 0.15) is 29.8 Å². The lowest BCUT2D eigenvalue weighted by Gasteiger charge is -2.24. The quantitative estimate of drug-likeness (QED) is 0.539. The SMILES string of the molecule is CCn1nccc1-c1nc(-c2nnn3c2CO[C@@H](c2ccc(C)cc2)C3)no1. The summed E-state index contributed by atoms with van der Waals surface area (Å²) >= 11 is 0. The maximum absolute atomic E-state index is 6.07. The molecule has 4 heterocycles. The second-order valence-electron chi connectivity index (χ2n) is 6.73. The number of rotatable bonds is 4. The summed E-state index contributed by atoms with van der Waals surface area (Å²) in [5.41, 5.74) is 4.56. The van der Waals surface area contributed by atoms with Crippen molar-refractivity contribution in [3.05, 3.63) is 53.3 Å². The number of ether oxygens (including phenoxy) is 1. The van der Waals surface area contributed by atoms with E-state index in [1.807, 2.05) is 17.7 Å². The van der Waals surface area contributed by atoms with Gasteiger partial charge in [0, 0.05) is 12.7 Å². The minimum Gasteiger partial charge on any atom is -0.365 e. The van der Waals surface area contributed by atoms with E-state index in [0.717, 1.165) is 23.5 Å². The van der Waals surface area contributed by atoms with E-state index in [4.69, 9.17) is 9.26 Å². The molecule has 142 valence electrons. The number of hydrogen-bond donors (Lipinski definition) is 0. The molecule has 5 rings (SSSR count). The average Bonchev–Trinajstić information content (AvgIpc) is 3.45. The molecule has 28 heavy (non-hydrogen) atoms. The van der Waals surface area contributed by atoms with E-state index < -0.39 is 0 Å². The molecule has 0 saturated heterocycles. The molecule has 0 unspecified atom stereocenters.